The summed E-state index contributed by atoms with van der Waals surface area (Å²) in [5, 5.41) is 12.2. The Morgan fingerprint density at radius 1 is 1.37 bits per heavy atom. The molecule has 1 aliphatic rings. The van der Waals surface area contributed by atoms with E-state index in [0.29, 0.717) is 6.42 Å². The second-order valence-electron chi connectivity index (χ2n) is 4.89. The van der Waals surface area contributed by atoms with E-state index in [9.17, 15) is 14.0 Å². The van der Waals surface area contributed by atoms with Crippen LogP contribution in [0.15, 0.2) is 18.2 Å². The van der Waals surface area contributed by atoms with Crippen molar-refractivity contribution in [1.82, 2.24) is 5.32 Å². The highest BCUT2D eigenvalue weighted by Crippen LogP contribution is 2.30. The standard InChI is InChI=1S/C14H16F2N2O/c1-18-14(9-17)4-2-3-12(8-14)19-13-6-10(15)5-11(16)7-13/h5-7,12,18H,2-4,8H2,1H3. The molecule has 0 radical (unpaired) electrons. The number of benzene rings is 1. The summed E-state index contributed by atoms with van der Waals surface area (Å²) in [5.74, 6) is -1.15. The van der Waals surface area contributed by atoms with Gasteiger partial charge in [-0.3, -0.25) is 0 Å². The lowest BCUT2D eigenvalue weighted by Gasteiger charge is -2.35. The van der Waals surface area contributed by atoms with Gasteiger partial charge < -0.3 is 10.1 Å². The highest BCUT2D eigenvalue weighted by atomic mass is 19.1. The Kier molecular flexibility index (Phi) is 4.01. The molecule has 2 rings (SSSR count). The van der Waals surface area contributed by atoms with Crippen LogP contribution in [-0.2, 0) is 0 Å². The average molecular weight is 266 g/mol. The topological polar surface area (TPSA) is 45.0 Å². The fraction of sp³-hybridized carbons (Fsp3) is 0.500. The first-order valence-corrected chi connectivity index (χ1v) is 6.30. The van der Waals surface area contributed by atoms with Gasteiger partial charge in [-0.05, 0) is 26.3 Å². The summed E-state index contributed by atoms with van der Waals surface area (Å²) in [5.41, 5.74) is -0.602. The van der Waals surface area contributed by atoms with Crippen molar-refractivity contribution < 1.29 is 13.5 Å². The van der Waals surface area contributed by atoms with Crippen LogP contribution in [0.2, 0.25) is 0 Å². The van der Waals surface area contributed by atoms with Crippen LogP contribution in [-0.4, -0.2) is 18.7 Å². The van der Waals surface area contributed by atoms with E-state index in [1.54, 1.807) is 7.05 Å². The normalized spacial score (nSPS) is 26.7. The molecule has 1 aromatic rings. The van der Waals surface area contributed by atoms with Gasteiger partial charge in [0.1, 0.15) is 29.0 Å². The second-order valence-corrected chi connectivity index (χ2v) is 4.89. The molecule has 2 unspecified atom stereocenters. The van der Waals surface area contributed by atoms with E-state index < -0.39 is 17.2 Å². The maximum Gasteiger partial charge on any atom is 0.129 e. The monoisotopic (exact) mass is 266 g/mol. The minimum atomic E-state index is -0.661. The molecule has 19 heavy (non-hydrogen) atoms. The Morgan fingerprint density at radius 2 is 2.05 bits per heavy atom. The molecule has 102 valence electrons. The maximum atomic E-state index is 13.1. The predicted molar refractivity (Wildman–Crippen MR) is 66.6 cm³/mol. The molecule has 0 aliphatic heterocycles. The van der Waals surface area contributed by atoms with Gasteiger partial charge in [-0.1, -0.05) is 0 Å². The Bertz CT molecular complexity index is 480. The first kappa shape index (κ1) is 13.8. The summed E-state index contributed by atoms with van der Waals surface area (Å²) in [6, 6.07) is 5.39. The van der Waals surface area contributed by atoms with Crippen LogP contribution < -0.4 is 10.1 Å². The Labute approximate surface area is 111 Å². The van der Waals surface area contributed by atoms with Crippen molar-refractivity contribution in [2.45, 2.75) is 37.3 Å². The molecule has 1 aliphatic carbocycles. The van der Waals surface area contributed by atoms with Crippen molar-refractivity contribution >= 4 is 0 Å². The van der Waals surface area contributed by atoms with Crippen molar-refractivity contribution in [1.29, 1.82) is 5.26 Å². The van der Waals surface area contributed by atoms with Crippen LogP contribution in [0, 0.1) is 23.0 Å². The Morgan fingerprint density at radius 3 is 2.63 bits per heavy atom. The summed E-state index contributed by atoms with van der Waals surface area (Å²) < 4.78 is 31.8. The van der Waals surface area contributed by atoms with Gasteiger partial charge in [0.15, 0.2) is 0 Å². The molecule has 0 saturated heterocycles. The molecule has 0 bridgehead atoms. The predicted octanol–water partition coefficient (Wildman–Crippen LogP) is 2.77. The van der Waals surface area contributed by atoms with E-state index in [-0.39, 0.29) is 11.9 Å². The van der Waals surface area contributed by atoms with Gasteiger partial charge in [-0.25, -0.2) is 8.78 Å². The van der Waals surface area contributed by atoms with Gasteiger partial charge in [-0.2, -0.15) is 5.26 Å². The number of nitrogens with zero attached hydrogens (tertiary/aromatic N) is 1. The van der Waals surface area contributed by atoms with Crippen LogP contribution >= 0.6 is 0 Å². The SMILES string of the molecule is CNC1(C#N)CCCC(Oc2cc(F)cc(F)c2)C1. The molecule has 5 heteroatoms. The lowest BCUT2D eigenvalue weighted by atomic mass is 9.81. The van der Waals surface area contributed by atoms with Crippen molar-refractivity contribution in [2.75, 3.05) is 7.05 Å². The molecule has 1 fully saturated rings. The quantitative estimate of drug-likeness (QED) is 0.915. The first-order valence-electron chi connectivity index (χ1n) is 6.30. The van der Waals surface area contributed by atoms with E-state index in [1.165, 1.54) is 0 Å². The summed E-state index contributed by atoms with van der Waals surface area (Å²) >= 11 is 0. The largest absolute Gasteiger partial charge is 0.490 e. The number of nitrogens with one attached hydrogen (secondary N) is 1. The molecular weight excluding hydrogens is 250 g/mol. The molecule has 1 aromatic carbocycles. The highest BCUT2D eigenvalue weighted by molar-refractivity contribution is 5.24. The van der Waals surface area contributed by atoms with Gasteiger partial charge in [0.2, 0.25) is 0 Å². The van der Waals surface area contributed by atoms with E-state index in [0.717, 1.165) is 37.5 Å². The maximum absolute atomic E-state index is 13.1. The fourth-order valence-electron chi connectivity index (χ4n) is 2.50. The zero-order chi connectivity index (χ0) is 13.9. The van der Waals surface area contributed by atoms with E-state index in [2.05, 4.69) is 11.4 Å². The molecular formula is C14H16F2N2O. The zero-order valence-corrected chi connectivity index (χ0v) is 10.7. The number of rotatable bonds is 3. The molecule has 0 heterocycles. The zero-order valence-electron chi connectivity index (χ0n) is 10.7. The minimum Gasteiger partial charge on any atom is -0.490 e. The molecule has 2 atom stereocenters. The van der Waals surface area contributed by atoms with E-state index in [4.69, 9.17) is 4.74 Å². The van der Waals surface area contributed by atoms with Crippen LogP contribution in [0.1, 0.15) is 25.7 Å². The highest BCUT2D eigenvalue weighted by Gasteiger charge is 2.36. The van der Waals surface area contributed by atoms with Crippen LogP contribution in [0.25, 0.3) is 0 Å². The minimum absolute atomic E-state index is 0.173. The second kappa shape index (κ2) is 5.54. The average Bonchev–Trinajstić information content (AvgIpc) is 2.37. The molecule has 0 aromatic heterocycles. The first-order chi connectivity index (χ1) is 9.07. The third-order valence-electron chi connectivity index (χ3n) is 3.54. The molecule has 1 N–H and O–H groups in total. The summed E-state index contributed by atoms with van der Waals surface area (Å²) in [7, 11) is 1.74. The smallest absolute Gasteiger partial charge is 0.129 e. The molecule has 0 spiro atoms. The van der Waals surface area contributed by atoms with Crippen molar-refractivity contribution in [3.05, 3.63) is 29.8 Å². The summed E-state index contributed by atoms with van der Waals surface area (Å²) in [6.45, 7) is 0. The van der Waals surface area contributed by atoms with Crippen LogP contribution in [0.4, 0.5) is 8.78 Å². The van der Waals surface area contributed by atoms with Gasteiger partial charge in [0, 0.05) is 24.6 Å². The van der Waals surface area contributed by atoms with Gasteiger partial charge in [-0.15, -0.1) is 0 Å². The molecule has 1 saturated carbocycles. The third kappa shape index (κ3) is 3.21. The molecule has 3 nitrogen and oxygen atoms in total. The lowest BCUT2D eigenvalue weighted by molar-refractivity contribution is 0.115. The number of halogens is 2. The van der Waals surface area contributed by atoms with Gasteiger partial charge in [0.25, 0.3) is 0 Å². The summed E-state index contributed by atoms with van der Waals surface area (Å²) in [4.78, 5) is 0. The number of nitriles is 1. The van der Waals surface area contributed by atoms with Crippen molar-refractivity contribution in [3.63, 3.8) is 0 Å². The van der Waals surface area contributed by atoms with Crippen LogP contribution in [0.5, 0.6) is 5.75 Å². The number of hydrogen-bond donors (Lipinski definition) is 1. The fourth-order valence-corrected chi connectivity index (χ4v) is 2.50. The van der Waals surface area contributed by atoms with Gasteiger partial charge >= 0.3 is 0 Å². The third-order valence-corrected chi connectivity index (χ3v) is 3.54. The Hall–Kier alpha value is -1.67. The Balaban J connectivity index is 2.09. The number of hydrogen-bond acceptors (Lipinski definition) is 3. The molecule has 0 amide bonds. The van der Waals surface area contributed by atoms with Gasteiger partial charge in [0.05, 0.1) is 6.07 Å². The van der Waals surface area contributed by atoms with Crippen LogP contribution in [0.3, 0.4) is 0 Å². The summed E-state index contributed by atoms with van der Waals surface area (Å²) in [6.07, 6.45) is 2.69. The number of ether oxygens (including phenoxy) is 1. The van der Waals surface area contributed by atoms with E-state index in [1.807, 2.05) is 0 Å². The van der Waals surface area contributed by atoms with Crippen molar-refractivity contribution in [2.24, 2.45) is 0 Å². The van der Waals surface area contributed by atoms with E-state index >= 15 is 0 Å². The lowest BCUT2D eigenvalue weighted by Crippen LogP contribution is -2.48. The van der Waals surface area contributed by atoms with Crippen molar-refractivity contribution in [3.8, 4) is 11.8 Å².